The Kier molecular flexibility index (Phi) is 5.96. The van der Waals surface area contributed by atoms with Crippen LogP contribution in [0.1, 0.15) is 22.8 Å². The molecule has 0 aromatic heterocycles. The predicted octanol–water partition coefficient (Wildman–Crippen LogP) is 4.40. The molecule has 0 unspecified atom stereocenters. The van der Waals surface area contributed by atoms with Crippen molar-refractivity contribution in [1.82, 2.24) is 0 Å². The standard InChI is InChI=1S/C22H21N3O5/c1-4-30-22(27)20-18-12-10-16(25(28)29)9-11-17(18)19(21(20)26)13-23-14-5-7-15(8-6-14)24(2)3/h5-13,26H,4H2,1-3H3. The largest absolute Gasteiger partial charge is 0.506 e. The molecule has 0 bridgehead atoms. The summed E-state index contributed by atoms with van der Waals surface area (Å²) in [4.78, 5) is 29.4. The zero-order valence-electron chi connectivity index (χ0n) is 16.8. The third kappa shape index (κ3) is 4.07. The maximum atomic E-state index is 12.4. The van der Waals surface area contributed by atoms with Gasteiger partial charge < -0.3 is 14.7 Å². The van der Waals surface area contributed by atoms with Crippen molar-refractivity contribution in [3.63, 3.8) is 0 Å². The number of anilines is 1. The van der Waals surface area contributed by atoms with Crippen LogP contribution in [-0.4, -0.2) is 42.9 Å². The van der Waals surface area contributed by atoms with Gasteiger partial charge in [0.1, 0.15) is 11.3 Å². The summed E-state index contributed by atoms with van der Waals surface area (Å²) < 4.78 is 5.05. The highest BCUT2D eigenvalue weighted by atomic mass is 16.6. The normalized spacial score (nSPS) is 11.0. The third-order valence-electron chi connectivity index (χ3n) is 4.58. The minimum atomic E-state index is -0.705. The molecule has 0 saturated carbocycles. The second kappa shape index (κ2) is 8.60. The van der Waals surface area contributed by atoms with E-state index in [0.717, 1.165) is 5.69 Å². The highest BCUT2D eigenvalue weighted by Crippen LogP contribution is 2.41. The number of rotatable bonds is 6. The molecule has 8 heteroatoms. The number of fused-ring (bicyclic) bond motifs is 1. The summed E-state index contributed by atoms with van der Waals surface area (Å²) in [5.41, 5.74) is 2.58. The molecule has 30 heavy (non-hydrogen) atoms. The van der Waals surface area contributed by atoms with Crippen LogP contribution in [0.2, 0.25) is 0 Å². The van der Waals surface area contributed by atoms with Gasteiger partial charge in [0.15, 0.2) is 0 Å². The van der Waals surface area contributed by atoms with Crippen molar-refractivity contribution >= 4 is 29.2 Å². The number of hydrogen-bond acceptors (Lipinski definition) is 7. The zero-order chi connectivity index (χ0) is 21.8. The highest BCUT2D eigenvalue weighted by Gasteiger charge is 2.27. The van der Waals surface area contributed by atoms with Gasteiger partial charge >= 0.3 is 5.97 Å². The second-order valence-corrected chi connectivity index (χ2v) is 6.70. The van der Waals surface area contributed by atoms with Gasteiger partial charge in [0.05, 0.1) is 17.2 Å². The molecule has 0 heterocycles. The molecular formula is C22H21N3O5. The van der Waals surface area contributed by atoms with Crippen molar-refractivity contribution < 1.29 is 19.6 Å². The lowest BCUT2D eigenvalue weighted by Gasteiger charge is -2.11. The van der Waals surface area contributed by atoms with Gasteiger partial charge in [-0.15, -0.1) is 0 Å². The molecule has 1 aromatic rings. The molecule has 0 atom stereocenters. The topological polar surface area (TPSA) is 105 Å². The van der Waals surface area contributed by atoms with Crippen LogP contribution in [0, 0.1) is 10.1 Å². The van der Waals surface area contributed by atoms with Gasteiger partial charge in [-0.2, -0.15) is 0 Å². The molecule has 0 fully saturated rings. The summed E-state index contributed by atoms with van der Waals surface area (Å²) in [6, 6.07) is 13.0. The van der Waals surface area contributed by atoms with Crippen LogP contribution in [0.4, 0.5) is 17.1 Å². The number of benzene rings is 1. The lowest BCUT2D eigenvalue weighted by atomic mass is 10.1. The summed E-state index contributed by atoms with van der Waals surface area (Å²) in [7, 11) is 3.87. The Balaban J connectivity index is 2.11. The number of hydrogen-bond donors (Lipinski definition) is 1. The van der Waals surface area contributed by atoms with E-state index < -0.39 is 10.9 Å². The molecule has 1 N–H and O–H groups in total. The van der Waals surface area contributed by atoms with Crippen LogP contribution < -0.4 is 4.90 Å². The fourth-order valence-corrected chi connectivity index (χ4v) is 3.05. The van der Waals surface area contributed by atoms with E-state index in [1.807, 2.05) is 43.3 Å². The Labute approximate surface area is 173 Å². The molecule has 2 aliphatic rings. The van der Waals surface area contributed by atoms with Gasteiger partial charge in [0.2, 0.25) is 0 Å². The Bertz CT molecular complexity index is 1090. The van der Waals surface area contributed by atoms with E-state index in [4.69, 9.17) is 4.74 Å². The SMILES string of the molecule is CCOC(=O)c1c2ccc([N+](=O)[O-])ccc-2c(C=Nc2ccc(N(C)C)cc2)c1O. The predicted molar refractivity (Wildman–Crippen MR) is 115 cm³/mol. The summed E-state index contributed by atoms with van der Waals surface area (Å²) in [6.07, 6.45) is 1.44. The lowest BCUT2D eigenvalue weighted by Crippen LogP contribution is -2.07. The van der Waals surface area contributed by atoms with Crippen LogP contribution >= 0.6 is 0 Å². The van der Waals surface area contributed by atoms with Gasteiger partial charge in [-0.25, -0.2) is 4.79 Å². The van der Waals surface area contributed by atoms with E-state index in [1.54, 1.807) is 6.92 Å². The Morgan fingerprint density at radius 3 is 2.33 bits per heavy atom. The number of aliphatic imine (C=N–C) groups is 1. The van der Waals surface area contributed by atoms with E-state index >= 15 is 0 Å². The zero-order valence-corrected chi connectivity index (χ0v) is 16.8. The van der Waals surface area contributed by atoms with Crippen LogP contribution in [0.5, 0.6) is 5.75 Å². The van der Waals surface area contributed by atoms with E-state index in [2.05, 4.69) is 4.99 Å². The quantitative estimate of drug-likeness (QED) is 0.281. The molecule has 8 nitrogen and oxygen atoms in total. The van der Waals surface area contributed by atoms with Crippen molar-refractivity contribution in [3.05, 3.63) is 69.8 Å². The Morgan fingerprint density at radius 1 is 1.13 bits per heavy atom. The van der Waals surface area contributed by atoms with Crippen molar-refractivity contribution in [1.29, 1.82) is 0 Å². The first-order valence-corrected chi connectivity index (χ1v) is 9.25. The van der Waals surface area contributed by atoms with E-state index in [1.165, 1.54) is 30.5 Å². The minimum absolute atomic E-state index is 0.0400. The van der Waals surface area contributed by atoms with E-state index in [0.29, 0.717) is 16.8 Å². The summed E-state index contributed by atoms with van der Waals surface area (Å²) in [5, 5.41) is 21.9. The molecule has 154 valence electrons. The fourth-order valence-electron chi connectivity index (χ4n) is 3.05. The summed E-state index contributed by atoms with van der Waals surface area (Å²) in [5.74, 6) is -0.977. The molecule has 0 radical (unpaired) electrons. The molecule has 2 aliphatic carbocycles. The maximum absolute atomic E-state index is 12.4. The number of ether oxygens (including phenoxy) is 1. The molecule has 1 aromatic carbocycles. The highest BCUT2D eigenvalue weighted by molar-refractivity contribution is 6.10. The number of aromatic hydroxyl groups is 1. The molecule has 3 rings (SSSR count). The molecule has 0 aliphatic heterocycles. The number of esters is 1. The average Bonchev–Trinajstić information content (AvgIpc) is 2.83. The van der Waals surface area contributed by atoms with Crippen LogP contribution in [0.3, 0.4) is 0 Å². The number of carbonyl (C=O) groups excluding carboxylic acids is 1. The lowest BCUT2D eigenvalue weighted by molar-refractivity contribution is -0.384. The van der Waals surface area contributed by atoms with Crippen molar-refractivity contribution in [2.24, 2.45) is 4.99 Å². The van der Waals surface area contributed by atoms with Gasteiger partial charge in [0.25, 0.3) is 5.69 Å². The van der Waals surface area contributed by atoms with E-state index in [9.17, 15) is 20.0 Å². The Morgan fingerprint density at radius 2 is 1.77 bits per heavy atom. The average molecular weight is 407 g/mol. The van der Waals surface area contributed by atoms with Crippen molar-refractivity contribution in [2.45, 2.75) is 6.92 Å². The molecular weight excluding hydrogens is 386 g/mol. The van der Waals surface area contributed by atoms with Crippen LogP contribution in [-0.2, 0) is 4.74 Å². The van der Waals surface area contributed by atoms with Crippen molar-refractivity contribution in [3.8, 4) is 16.9 Å². The molecule has 0 spiro atoms. The fraction of sp³-hybridized carbons (Fsp3) is 0.182. The summed E-state index contributed by atoms with van der Waals surface area (Å²) >= 11 is 0. The second-order valence-electron chi connectivity index (χ2n) is 6.70. The molecule has 0 amide bonds. The first kappa shape index (κ1) is 20.8. The smallest absolute Gasteiger partial charge is 0.342 e. The van der Waals surface area contributed by atoms with E-state index in [-0.39, 0.29) is 29.2 Å². The first-order valence-electron chi connectivity index (χ1n) is 9.25. The number of nitro groups is 1. The van der Waals surface area contributed by atoms with Crippen molar-refractivity contribution in [2.75, 3.05) is 25.6 Å². The monoisotopic (exact) mass is 407 g/mol. The number of carbonyl (C=O) groups is 1. The van der Waals surface area contributed by atoms with Gasteiger partial charge in [0, 0.05) is 49.3 Å². The van der Waals surface area contributed by atoms with Crippen LogP contribution in [0.15, 0.2) is 53.5 Å². The first-order chi connectivity index (χ1) is 14.3. The molecule has 0 saturated heterocycles. The number of nitrogens with zero attached hydrogens (tertiary/aromatic N) is 3. The van der Waals surface area contributed by atoms with Gasteiger partial charge in [-0.05, 0) is 48.9 Å². The van der Waals surface area contributed by atoms with Crippen LogP contribution in [0.25, 0.3) is 11.1 Å². The maximum Gasteiger partial charge on any atom is 0.342 e. The minimum Gasteiger partial charge on any atom is -0.506 e. The summed E-state index contributed by atoms with van der Waals surface area (Å²) in [6.45, 7) is 1.79. The Hall–Kier alpha value is -3.94. The van der Waals surface area contributed by atoms with Gasteiger partial charge in [-0.3, -0.25) is 15.1 Å². The van der Waals surface area contributed by atoms with Gasteiger partial charge in [-0.1, -0.05) is 0 Å². The third-order valence-corrected chi connectivity index (χ3v) is 4.58.